The van der Waals surface area contributed by atoms with Gasteiger partial charge in [-0.25, -0.2) is 0 Å². The lowest BCUT2D eigenvalue weighted by atomic mass is 10.1. The fraction of sp³-hybridized carbons (Fsp3) is 0.250. The number of carbonyl (C=O) groups excluding carboxylic acids is 2. The predicted octanol–water partition coefficient (Wildman–Crippen LogP) is 5.06. The van der Waals surface area contributed by atoms with Crippen LogP contribution in [0.15, 0.2) is 78.9 Å². The molecule has 1 aliphatic rings. The summed E-state index contributed by atoms with van der Waals surface area (Å²) in [4.78, 5) is 27.6. The second-order valence-electron chi connectivity index (χ2n) is 8.42. The van der Waals surface area contributed by atoms with E-state index in [1.807, 2.05) is 47.4 Å². The molecule has 2 N–H and O–H groups in total. The molecule has 0 unspecified atom stereocenters. The van der Waals surface area contributed by atoms with Gasteiger partial charge in [-0.05, 0) is 67.4 Å². The highest BCUT2D eigenvalue weighted by Gasteiger charge is 2.19. The minimum Gasteiger partial charge on any atom is -0.492 e. The first kappa shape index (κ1) is 24.4. The smallest absolute Gasteiger partial charge is 0.261 e. The van der Waals surface area contributed by atoms with Crippen LogP contribution in [0.5, 0.6) is 5.75 Å². The van der Waals surface area contributed by atoms with Crippen molar-refractivity contribution in [2.24, 2.45) is 0 Å². The van der Waals surface area contributed by atoms with Gasteiger partial charge in [-0.15, -0.1) is 0 Å². The van der Waals surface area contributed by atoms with E-state index in [4.69, 9.17) is 17.0 Å². The Balaban J connectivity index is 1.34. The van der Waals surface area contributed by atoms with Gasteiger partial charge in [0.05, 0.1) is 12.2 Å². The van der Waals surface area contributed by atoms with Crippen molar-refractivity contribution in [2.45, 2.75) is 25.7 Å². The average Bonchev–Trinajstić information content (AvgIpc) is 2.89. The maximum Gasteiger partial charge on any atom is 0.261 e. The Labute approximate surface area is 211 Å². The Kier molecular flexibility index (Phi) is 8.46. The normalized spacial score (nSPS) is 13.1. The Bertz CT molecular complexity index is 1180. The fourth-order valence-electron chi connectivity index (χ4n) is 4.05. The Morgan fingerprint density at radius 2 is 1.63 bits per heavy atom. The summed E-state index contributed by atoms with van der Waals surface area (Å²) in [5, 5.41) is 5.87. The monoisotopic (exact) mass is 487 g/mol. The van der Waals surface area contributed by atoms with Crippen LogP contribution < -0.4 is 15.4 Å². The third-order valence-electron chi connectivity index (χ3n) is 5.86. The Morgan fingerprint density at radius 3 is 2.43 bits per heavy atom. The van der Waals surface area contributed by atoms with E-state index in [2.05, 4.69) is 10.6 Å². The van der Waals surface area contributed by atoms with E-state index in [0.29, 0.717) is 29.2 Å². The zero-order valence-corrected chi connectivity index (χ0v) is 20.4. The van der Waals surface area contributed by atoms with Crippen molar-refractivity contribution >= 4 is 34.8 Å². The number of thiocarbonyl (C=S) groups is 1. The molecule has 1 saturated heterocycles. The van der Waals surface area contributed by atoms with Crippen LogP contribution in [0.3, 0.4) is 0 Å². The summed E-state index contributed by atoms with van der Waals surface area (Å²) in [6, 6.07) is 24.3. The number of ether oxygens (including phenoxy) is 1. The van der Waals surface area contributed by atoms with E-state index in [9.17, 15) is 9.59 Å². The van der Waals surface area contributed by atoms with Gasteiger partial charge in [0, 0.05) is 30.8 Å². The highest BCUT2D eigenvalue weighted by molar-refractivity contribution is 7.80. The number of piperidine rings is 1. The zero-order chi connectivity index (χ0) is 24.5. The van der Waals surface area contributed by atoms with Crippen LogP contribution in [-0.4, -0.2) is 41.5 Å². The van der Waals surface area contributed by atoms with Crippen LogP contribution in [0.1, 0.15) is 45.5 Å². The molecule has 6 nitrogen and oxygen atoms in total. The number of carbonyl (C=O) groups is 2. The quantitative estimate of drug-likeness (QED) is 0.456. The van der Waals surface area contributed by atoms with Gasteiger partial charge in [0.15, 0.2) is 5.11 Å². The molecule has 35 heavy (non-hydrogen) atoms. The van der Waals surface area contributed by atoms with Gasteiger partial charge in [-0.2, -0.15) is 0 Å². The number of para-hydroxylation sites is 1. The number of nitrogens with one attached hydrogen (secondary N) is 2. The van der Waals surface area contributed by atoms with E-state index >= 15 is 0 Å². The van der Waals surface area contributed by atoms with Crippen molar-refractivity contribution in [1.82, 2.24) is 10.2 Å². The maximum atomic E-state index is 12.9. The van der Waals surface area contributed by atoms with Gasteiger partial charge in [0.2, 0.25) is 0 Å². The second-order valence-corrected chi connectivity index (χ2v) is 8.83. The van der Waals surface area contributed by atoms with Crippen molar-refractivity contribution in [3.05, 3.63) is 95.6 Å². The highest BCUT2D eigenvalue weighted by Crippen LogP contribution is 2.19. The number of rotatable bonds is 7. The summed E-state index contributed by atoms with van der Waals surface area (Å²) >= 11 is 5.36. The fourth-order valence-corrected chi connectivity index (χ4v) is 4.26. The minimum absolute atomic E-state index is 0.0184. The first-order chi connectivity index (χ1) is 17.1. The van der Waals surface area contributed by atoms with Crippen LogP contribution in [0.25, 0.3) is 0 Å². The summed E-state index contributed by atoms with van der Waals surface area (Å²) in [6.45, 7) is 2.03. The molecule has 0 bridgehead atoms. The molecule has 0 radical (unpaired) electrons. The second kappa shape index (κ2) is 12.1. The SMILES string of the molecule is O=C(NC(=S)Nc1cccc(C(=O)N2CCCCC2)c1)c1ccccc1OCCc1ccccc1. The summed E-state index contributed by atoms with van der Waals surface area (Å²) < 4.78 is 5.90. The van der Waals surface area contributed by atoms with Crippen molar-refractivity contribution in [3.8, 4) is 5.75 Å². The molecule has 0 spiro atoms. The predicted molar refractivity (Wildman–Crippen MR) is 142 cm³/mol. The van der Waals surface area contributed by atoms with Gasteiger partial charge in [-0.3, -0.25) is 14.9 Å². The molecule has 4 rings (SSSR count). The minimum atomic E-state index is -0.363. The first-order valence-electron chi connectivity index (χ1n) is 11.9. The van der Waals surface area contributed by atoms with Gasteiger partial charge < -0.3 is 15.0 Å². The van der Waals surface area contributed by atoms with Crippen LogP contribution in [0, 0.1) is 0 Å². The molecule has 0 saturated carbocycles. The molecule has 1 fully saturated rings. The van der Waals surface area contributed by atoms with Crippen LogP contribution >= 0.6 is 12.2 Å². The largest absolute Gasteiger partial charge is 0.492 e. The van der Waals surface area contributed by atoms with E-state index < -0.39 is 0 Å². The number of hydrogen-bond acceptors (Lipinski definition) is 4. The third-order valence-corrected chi connectivity index (χ3v) is 6.06. The van der Waals surface area contributed by atoms with Gasteiger partial charge in [-0.1, -0.05) is 48.5 Å². The number of anilines is 1. The number of amides is 2. The number of benzene rings is 3. The average molecular weight is 488 g/mol. The number of likely N-dealkylation sites (tertiary alicyclic amines) is 1. The molecule has 0 aliphatic carbocycles. The summed E-state index contributed by atoms with van der Waals surface area (Å²) in [5.74, 6) is 0.154. The molecule has 1 heterocycles. The lowest BCUT2D eigenvalue weighted by molar-refractivity contribution is 0.0724. The number of nitrogens with zero attached hydrogens (tertiary/aromatic N) is 1. The molecule has 0 atom stereocenters. The Morgan fingerprint density at radius 1 is 0.886 bits per heavy atom. The lowest BCUT2D eigenvalue weighted by Gasteiger charge is -2.26. The van der Waals surface area contributed by atoms with Crippen molar-refractivity contribution in [3.63, 3.8) is 0 Å². The maximum absolute atomic E-state index is 12.9. The first-order valence-corrected chi connectivity index (χ1v) is 12.3. The van der Waals surface area contributed by atoms with Gasteiger partial charge >= 0.3 is 0 Å². The summed E-state index contributed by atoms with van der Waals surface area (Å²) in [5.41, 5.74) is 2.81. The zero-order valence-electron chi connectivity index (χ0n) is 19.5. The number of hydrogen-bond donors (Lipinski definition) is 2. The molecule has 3 aromatic rings. The molecular formula is C28H29N3O3S. The Hall–Kier alpha value is -3.71. The van der Waals surface area contributed by atoms with Crippen LogP contribution in [0.2, 0.25) is 0 Å². The molecule has 7 heteroatoms. The summed E-state index contributed by atoms with van der Waals surface area (Å²) in [6.07, 6.45) is 3.98. The van der Waals surface area contributed by atoms with Crippen LogP contribution in [-0.2, 0) is 6.42 Å². The van der Waals surface area contributed by atoms with Gasteiger partial charge in [0.25, 0.3) is 11.8 Å². The standard InChI is InChI=1S/C28H29N3O3S/c32-26(24-14-5-6-15-25(24)34-19-16-21-10-3-1-4-11-21)30-28(35)29-23-13-9-12-22(20-23)27(33)31-17-7-2-8-18-31/h1,3-6,9-15,20H,2,7-8,16-19H2,(H2,29,30,32,35). The highest BCUT2D eigenvalue weighted by atomic mass is 32.1. The summed E-state index contributed by atoms with van der Waals surface area (Å²) in [7, 11) is 0. The van der Waals surface area contributed by atoms with E-state index in [-0.39, 0.29) is 16.9 Å². The van der Waals surface area contributed by atoms with E-state index in [0.717, 1.165) is 32.4 Å². The molecular weight excluding hydrogens is 458 g/mol. The topological polar surface area (TPSA) is 70.7 Å². The van der Waals surface area contributed by atoms with Crippen LogP contribution in [0.4, 0.5) is 5.69 Å². The molecule has 3 aromatic carbocycles. The molecule has 180 valence electrons. The van der Waals surface area contributed by atoms with Crippen molar-refractivity contribution in [1.29, 1.82) is 0 Å². The lowest BCUT2D eigenvalue weighted by Crippen LogP contribution is -2.36. The van der Waals surface area contributed by atoms with E-state index in [1.54, 1.807) is 36.4 Å². The van der Waals surface area contributed by atoms with Crippen molar-refractivity contribution < 1.29 is 14.3 Å². The van der Waals surface area contributed by atoms with Gasteiger partial charge in [0.1, 0.15) is 5.75 Å². The third kappa shape index (κ3) is 6.90. The van der Waals surface area contributed by atoms with E-state index in [1.165, 1.54) is 12.0 Å². The molecule has 1 aliphatic heterocycles. The molecule has 0 aromatic heterocycles. The van der Waals surface area contributed by atoms with Crippen molar-refractivity contribution in [2.75, 3.05) is 25.0 Å². The molecule has 2 amide bonds.